The van der Waals surface area contributed by atoms with Crippen molar-refractivity contribution in [2.75, 3.05) is 23.5 Å². The van der Waals surface area contributed by atoms with Gasteiger partial charge in [0.1, 0.15) is 10.6 Å². The number of nitrogens with one attached hydrogen (secondary N) is 2. The summed E-state index contributed by atoms with van der Waals surface area (Å²) in [5.41, 5.74) is 0.959. The Morgan fingerprint density at radius 1 is 1.31 bits per heavy atom. The molecule has 0 saturated heterocycles. The Morgan fingerprint density at radius 3 is 2.88 bits per heavy atom. The summed E-state index contributed by atoms with van der Waals surface area (Å²) in [5, 5.41) is 6.04. The molecule has 3 rings (SSSR count). The number of hydrogen-bond acceptors (Lipinski definition) is 6. The van der Waals surface area contributed by atoms with E-state index < -0.39 is 10.0 Å². The molecule has 0 unspecified atom stereocenters. The quantitative estimate of drug-likeness (QED) is 0.801. The average molecular weight is 412 g/mol. The second-order valence-electron chi connectivity index (χ2n) is 5.21. The van der Waals surface area contributed by atoms with Crippen LogP contribution in [0.3, 0.4) is 0 Å². The number of benzene rings is 2. The van der Waals surface area contributed by atoms with Gasteiger partial charge in [-0.25, -0.2) is 0 Å². The van der Waals surface area contributed by atoms with Gasteiger partial charge in [-0.05, 0) is 30.3 Å². The highest BCUT2D eigenvalue weighted by Crippen LogP contribution is 2.31. The molecule has 2 aromatic carbocycles. The first-order chi connectivity index (χ1) is 12.4. The minimum atomic E-state index is -3.86. The van der Waals surface area contributed by atoms with Crippen molar-refractivity contribution in [1.82, 2.24) is 0 Å². The SMILES string of the molecule is COc1cccc(NC(=O)CSC2=NS(=O)(=O)c3cc(Cl)ccc3N2)c1. The number of ether oxygens (including phenoxy) is 1. The summed E-state index contributed by atoms with van der Waals surface area (Å²) >= 11 is 6.82. The highest BCUT2D eigenvalue weighted by atomic mass is 35.5. The van der Waals surface area contributed by atoms with Crippen LogP contribution in [-0.2, 0) is 14.8 Å². The summed E-state index contributed by atoms with van der Waals surface area (Å²) < 4.78 is 33.2. The first kappa shape index (κ1) is 18.6. The molecular formula is C16H14ClN3O4S2. The van der Waals surface area contributed by atoms with Crippen molar-refractivity contribution in [1.29, 1.82) is 0 Å². The lowest BCUT2D eigenvalue weighted by molar-refractivity contribution is -0.113. The van der Waals surface area contributed by atoms with Gasteiger partial charge < -0.3 is 15.4 Å². The Balaban J connectivity index is 1.66. The molecule has 1 aliphatic rings. The second kappa shape index (κ2) is 7.56. The monoisotopic (exact) mass is 411 g/mol. The molecular weight excluding hydrogens is 398 g/mol. The molecule has 1 amide bonds. The van der Waals surface area contributed by atoms with E-state index in [0.717, 1.165) is 11.8 Å². The molecule has 0 aliphatic carbocycles. The summed E-state index contributed by atoms with van der Waals surface area (Å²) in [5.74, 6) is 0.309. The summed E-state index contributed by atoms with van der Waals surface area (Å²) in [6.07, 6.45) is 0. The molecule has 0 radical (unpaired) electrons. The Labute approximate surface area is 159 Å². The van der Waals surface area contributed by atoms with E-state index in [0.29, 0.717) is 22.1 Å². The normalized spacial score (nSPS) is 14.6. The summed E-state index contributed by atoms with van der Waals surface area (Å²) in [6.45, 7) is 0. The lowest BCUT2D eigenvalue weighted by Gasteiger charge is -2.17. The van der Waals surface area contributed by atoms with Crippen LogP contribution in [0.4, 0.5) is 11.4 Å². The lowest BCUT2D eigenvalue weighted by Crippen LogP contribution is -2.22. The molecule has 10 heteroatoms. The first-order valence-corrected chi connectivity index (χ1v) is 10.2. The zero-order valence-electron chi connectivity index (χ0n) is 13.5. The predicted octanol–water partition coefficient (Wildman–Crippen LogP) is 3.19. The number of sulfonamides is 1. The maximum absolute atomic E-state index is 12.2. The number of carbonyl (C=O) groups is 1. The standard InChI is InChI=1S/C16H14ClN3O4S2/c1-24-12-4-2-3-11(8-12)18-15(21)9-25-16-19-13-6-5-10(17)7-14(13)26(22,23)20-16/h2-8H,9H2,1H3,(H,18,21)(H,19,20). The van der Waals surface area contributed by atoms with Crippen LogP contribution < -0.4 is 15.4 Å². The van der Waals surface area contributed by atoms with E-state index in [2.05, 4.69) is 15.0 Å². The van der Waals surface area contributed by atoms with Crippen molar-refractivity contribution in [2.24, 2.45) is 4.40 Å². The van der Waals surface area contributed by atoms with Crippen molar-refractivity contribution in [2.45, 2.75) is 4.90 Å². The maximum Gasteiger partial charge on any atom is 0.286 e. The Hall–Kier alpha value is -2.23. The second-order valence-corrected chi connectivity index (χ2v) is 8.18. The van der Waals surface area contributed by atoms with Gasteiger partial charge in [-0.2, -0.15) is 8.42 Å². The fourth-order valence-corrected chi connectivity index (χ4v) is 4.50. The van der Waals surface area contributed by atoms with E-state index in [4.69, 9.17) is 16.3 Å². The molecule has 7 nitrogen and oxygen atoms in total. The van der Waals surface area contributed by atoms with E-state index in [1.54, 1.807) is 36.4 Å². The van der Waals surface area contributed by atoms with Crippen molar-refractivity contribution >= 4 is 55.8 Å². The van der Waals surface area contributed by atoms with Crippen LogP contribution in [0.1, 0.15) is 0 Å². The van der Waals surface area contributed by atoms with Gasteiger partial charge >= 0.3 is 0 Å². The van der Waals surface area contributed by atoms with Gasteiger partial charge in [0.25, 0.3) is 10.0 Å². The third kappa shape index (κ3) is 4.29. The molecule has 0 atom stereocenters. The molecule has 0 fully saturated rings. The number of halogens is 1. The number of anilines is 2. The number of amides is 1. The largest absolute Gasteiger partial charge is 0.497 e. The molecule has 1 aliphatic heterocycles. The first-order valence-electron chi connectivity index (χ1n) is 7.35. The van der Waals surface area contributed by atoms with E-state index in [-0.39, 0.29) is 21.7 Å². The number of carbonyl (C=O) groups excluding carboxylic acids is 1. The van der Waals surface area contributed by atoms with Crippen molar-refractivity contribution in [3.05, 3.63) is 47.5 Å². The number of nitrogens with zero attached hydrogens (tertiary/aromatic N) is 1. The van der Waals surface area contributed by atoms with Crippen LogP contribution in [0.25, 0.3) is 0 Å². The van der Waals surface area contributed by atoms with Gasteiger partial charge in [-0.15, -0.1) is 4.40 Å². The number of hydrogen-bond donors (Lipinski definition) is 2. The molecule has 2 aromatic rings. The van der Waals surface area contributed by atoms with E-state index in [9.17, 15) is 13.2 Å². The van der Waals surface area contributed by atoms with Gasteiger partial charge in [0, 0.05) is 16.8 Å². The minimum Gasteiger partial charge on any atom is -0.497 e. The number of methoxy groups -OCH3 is 1. The van der Waals surface area contributed by atoms with Crippen LogP contribution in [0.15, 0.2) is 51.8 Å². The molecule has 26 heavy (non-hydrogen) atoms. The Bertz CT molecular complexity index is 993. The maximum atomic E-state index is 12.2. The number of thioether (sulfide) groups is 1. The van der Waals surface area contributed by atoms with E-state index >= 15 is 0 Å². The summed E-state index contributed by atoms with van der Waals surface area (Å²) in [4.78, 5) is 12.1. The topological polar surface area (TPSA) is 96.9 Å². The molecule has 0 spiro atoms. The predicted molar refractivity (Wildman–Crippen MR) is 104 cm³/mol. The summed E-state index contributed by atoms with van der Waals surface area (Å²) in [7, 11) is -2.32. The Morgan fingerprint density at radius 2 is 2.12 bits per heavy atom. The van der Waals surface area contributed by atoms with Crippen molar-refractivity contribution < 1.29 is 17.9 Å². The number of fused-ring (bicyclic) bond motifs is 1. The molecule has 2 N–H and O–H groups in total. The van der Waals surface area contributed by atoms with Crippen LogP contribution in [0.5, 0.6) is 5.75 Å². The fourth-order valence-electron chi connectivity index (χ4n) is 2.20. The molecule has 0 bridgehead atoms. The van der Waals surface area contributed by atoms with Crippen LogP contribution in [-0.4, -0.2) is 32.4 Å². The number of amidine groups is 1. The molecule has 0 saturated carbocycles. The summed E-state index contributed by atoms with van der Waals surface area (Å²) in [6, 6.07) is 11.4. The van der Waals surface area contributed by atoms with Crippen molar-refractivity contribution in [3.8, 4) is 5.75 Å². The van der Waals surface area contributed by atoms with Gasteiger partial charge in [0.15, 0.2) is 5.17 Å². The third-order valence-corrected chi connectivity index (χ3v) is 5.90. The smallest absolute Gasteiger partial charge is 0.286 e. The fraction of sp³-hybridized carbons (Fsp3) is 0.125. The third-order valence-electron chi connectivity index (χ3n) is 3.36. The van der Waals surface area contributed by atoms with Crippen LogP contribution in [0.2, 0.25) is 5.02 Å². The molecule has 0 aromatic heterocycles. The minimum absolute atomic E-state index is 0.00943. The van der Waals surface area contributed by atoms with E-state index in [1.807, 2.05) is 0 Å². The zero-order chi connectivity index (χ0) is 18.7. The van der Waals surface area contributed by atoms with Gasteiger partial charge in [0.05, 0.1) is 18.6 Å². The zero-order valence-corrected chi connectivity index (χ0v) is 15.9. The highest BCUT2D eigenvalue weighted by Gasteiger charge is 2.25. The van der Waals surface area contributed by atoms with Crippen LogP contribution >= 0.6 is 23.4 Å². The van der Waals surface area contributed by atoms with Gasteiger partial charge in [-0.1, -0.05) is 29.4 Å². The van der Waals surface area contributed by atoms with Gasteiger partial charge in [-0.3, -0.25) is 4.79 Å². The van der Waals surface area contributed by atoms with Crippen LogP contribution in [0, 0.1) is 0 Å². The average Bonchev–Trinajstić information content (AvgIpc) is 2.60. The number of rotatable bonds is 4. The van der Waals surface area contributed by atoms with Gasteiger partial charge in [0.2, 0.25) is 5.91 Å². The molecule has 136 valence electrons. The molecule has 1 heterocycles. The highest BCUT2D eigenvalue weighted by molar-refractivity contribution is 8.15. The van der Waals surface area contributed by atoms with E-state index in [1.165, 1.54) is 13.2 Å². The Kier molecular flexibility index (Phi) is 5.40. The van der Waals surface area contributed by atoms with Crippen molar-refractivity contribution in [3.63, 3.8) is 0 Å². The lowest BCUT2D eigenvalue weighted by atomic mass is 10.3.